The van der Waals surface area contributed by atoms with E-state index in [2.05, 4.69) is 45.0 Å². The summed E-state index contributed by atoms with van der Waals surface area (Å²) in [4.78, 5) is 8.99. The van der Waals surface area contributed by atoms with Crippen molar-refractivity contribution in [3.63, 3.8) is 0 Å². The molecule has 1 aliphatic heterocycles. The first-order valence-corrected chi connectivity index (χ1v) is 14.3. The highest BCUT2D eigenvalue weighted by Gasteiger charge is 2.25. The first kappa shape index (κ1) is 34.1. The van der Waals surface area contributed by atoms with Crippen LogP contribution in [-0.4, -0.2) is 37.9 Å². The Labute approximate surface area is 256 Å². The second kappa shape index (κ2) is 14.7. The predicted octanol–water partition coefficient (Wildman–Crippen LogP) is 7.14. The monoisotopic (exact) mass is 628 g/mol. The molecule has 0 amide bonds. The number of rotatable bonds is 9. The standard InChI is InChI=1S/C28H36ClN5O3S.2ClH/c1-17(2)37-25-15-20(19-10-12-30-13-11-19)18(3)14-24(25)33-27-31-16-22(29)26(34-27)32-23-9-7-6-8-21(23)28(4,5)38(35)36;;/h6-9,14-17,19,30H,10-13H2,1-5H3,(H,35,36)(H2,31,32,33,34);2*1H/p-1. The van der Waals surface area contributed by atoms with Gasteiger partial charge in [0, 0.05) is 5.69 Å². The summed E-state index contributed by atoms with van der Waals surface area (Å²) in [6, 6.07) is 11.4. The summed E-state index contributed by atoms with van der Waals surface area (Å²) in [7, 11) is 0. The van der Waals surface area contributed by atoms with Crippen LogP contribution in [0.1, 0.15) is 63.1 Å². The fraction of sp³-hybridized carbons (Fsp3) is 0.429. The van der Waals surface area contributed by atoms with E-state index in [1.165, 1.54) is 17.3 Å². The van der Waals surface area contributed by atoms with Crippen LogP contribution in [0.15, 0.2) is 42.6 Å². The van der Waals surface area contributed by atoms with Gasteiger partial charge in [0.25, 0.3) is 0 Å². The van der Waals surface area contributed by atoms with E-state index in [-0.39, 0.29) is 30.9 Å². The predicted molar refractivity (Wildman–Crippen MR) is 168 cm³/mol. The number of nitrogens with zero attached hydrogens (tertiary/aromatic N) is 2. The third-order valence-corrected chi connectivity index (χ3v) is 8.08. The molecule has 1 aromatic heterocycles. The molecular weight excluding hydrogens is 593 g/mol. The highest BCUT2D eigenvalue weighted by atomic mass is 35.5. The molecule has 8 nitrogen and oxygen atoms in total. The normalized spacial score (nSPS) is 14.6. The van der Waals surface area contributed by atoms with Crippen molar-refractivity contribution in [3.8, 4) is 5.75 Å². The molecule has 2 aromatic carbocycles. The third kappa shape index (κ3) is 7.99. The number of para-hydroxylation sites is 1. The number of hydrogen-bond donors (Lipinski definition) is 3. The maximum absolute atomic E-state index is 11.9. The van der Waals surface area contributed by atoms with Gasteiger partial charge in [0.05, 0.1) is 22.7 Å². The molecule has 220 valence electrons. The summed E-state index contributed by atoms with van der Waals surface area (Å²) in [5.41, 5.74) is 4.46. The quantitative estimate of drug-likeness (QED) is 0.214. The lowest BCUT2D eigenvalue weighted by molar-refractivity contribution is 0.243. The van der Waals surface area contributed by atoms with Gasteiger partial charge in [-0.1, -0.05) is 29.8 Å². The van der Waals surface area contributed by atoms with E-state index >= 15 is 0 Å². The Balaban J connectivity index is 0.00000280. The van der Waals surface area contributed by atoms with Crippen LogP contribution in [0.5, 0.6) is 5.75 Å². The number of aromatic nitrogens is 2. The zero-order chi connectivity index (χ0) is 27.4. The van der Waals surface area contributed by atoms with Crippen LogP contribution < -0.4 is 20.7 Å². The zero-order valence-corrected chi connectivity index (χ0v) is 26.5. The Morgan fingerprint density at radius 2 is 1.80 bits per heavy atom. The second-order valence-corrected chi connectivity index (χ2v) is 12.2. The number of halogens is 3. The molecule has 2 heterocycles. The maximum atomic E-state index is 11.9. The lowest BCUT2D eigenvalue weighted by atomic mass is 9.87. The molecular formula is C28H37Cl3N5O3S-. The number of nitrogens with one attached hydrogen (secondary N) is 3. The molecule has 12 heteroatoms. The number of aryl methyl sites for hydroxylation is 1. The summed E-state index contributed by atoms with van der Waals surface area (Å²) in [6.45, 7) is 11.5. The van der Waals surface area contributed by atoms with E-state index in [4.69, 9.17) is 16.3 Å². The van der Waals surface area contributed by atoms with Gasteiger partial charge in [0.1, 0.15) is 10.8 Å². The van der Waals surface area contributed by atoms with E-state index in [0.717, 1.165) is 37.4 Å². The Morgan fingerprint density at radius 1 is 1.12 bits per heavy atom. The van der Waals surface area contributed by atoms with Crippen molar-refractivity contribution in [1.82, 2.24) is 15.3 Å². The molecule has 0 spiro atoms. The van der Waals surface area contributed by atoms with E-state index < -0.39 is 15.8 Å². The van der Waals surface area contributed by atoms with Crippen molar-refractivity contribution in [1.29, 1.82) is 0 Å². The van der Waals surface area contributed by atoms with Crippen LogP contribution in [-0.2, 0) is 15.8 Å². The van der Waals surface area contributed by atoms with Crippen molar-refractivity contribution in [3.05, 3.63) is 64.3 Å². The smallest absolute Gasteiger partial charge is 0.229 e. The number of benzene rings is 2. The molecule has 3 aromatic rings. The van der Waals surface area contributed by atoms with Gasteiger partial charge < -0.3 is 25.2 Å². The molecule has 0 aliphatic carbocycles. The van der Waals surface area contributed by atoms with Crippen LogP contribution in [0.25, 0.3) is 0 Å². The van der Waals surface area contributed by atoms with Crippen LogP contribution in [0.4, 0.5) is 23.1 Å². The molecule has 0 bridgehead atoms. The van der Waals surface area contributed by atoms with E-state index in [0.29, 0.717) is 34.0 Å². The van der Waals surface area contributed by atoms with E-state index in [1.807, 2.05) is 19.9 Å². The second-order valence-electron chi connectivity index (χ2n) is 10.3. The molecule has 0 radical (unpaired) electrons. The minimum atomic E-state index is -2.33. The third-order valence-electron chi connectivity index (χ3n) is 6.75. The minimum Gasteiger partial charge on any atom is -0.772 e. The van der Waals surface area contributed by atoms with Crippen molar-refractivity contribution >= 4 is 70.6 Å². The van der Waals surface area contributed by atoms with E-state index in [1.54, 1.807) is 32.0 Å². The van der Waals surface area contributed by atoms with Crippen LogP contribution >= 0.6 is 36.4 Å². The largest absolute Gasteiger partial charge is 0.772 e. The lowest BCUT2D eigenvalue weighted by Gasteiger charge is -2.30. The van der Waals surface area contributed by atoms with Gasteiger partial charge in [-0.25, -0.2) is 4.98 Å². The van der Waals surface area contributed by atoms with Gasteiger partial charge in [-0.15, -0.1) is 24.8 Å². The summed E-state index contributed by atoms with van der Waals surface area (Å²) < 4.78 is 28.9. The molecule has 4 rings (SSSR count). The highest BCUT2D eigenvalue weighted by molar-refractivity contribution is 7.80. The van der Waals surface area contributed by atoms with Gasteiger partial charge in [-0.3, -0.25) is 4.21 Å². The molecule has 1 atom stereocenters. The number of piperidine rings is 1. The van der Waals surface area contributed by atoms with Gasteiger partial charge in [0.2, 0.25) is 5.95 Å². The molecule has 0 saturated carbocycles. The number of ether oxygens (including phenoxy) is 1. The van der Waals surface area contributed by atoms with Crippen LogP contribution in [0.3, 0.4) is 0 Å². The number of hydrogen-bond acceptors (Lipinski definition) is 8. The molecule has 40 heavy (non-hydrogen) atoms. The average molecular weight is 630 g/mol. The molecule has 1 saturated heterocycles. The summed E-state index contributed by atoms with van der Waals surface area (Å²) in [5, 5.41) is 10.3. The Hall–Kier alpha value is -2.14. The summed E-state index contributed by atoms with van der Waals surface area (Å²) in [5.74, 6) is 1.94. The maximum Gasteiger partial charge on any atom is 0.229 e. The molecule has 1 unspecified atom stereocenters. The molecule has 3 N–H and O–H groups in total. The Morgan fingerprint density at radius 3 is 2.45 bits per heavy atom. The summed E-state index contributed by atoms with van der Waals surface area (Å²) in [6.07, 6.45) is 3.71. The van der Waals surface area contributed by atoms with Crippen molar-refractivity contribution < 1.29 is 13.5 Å². The van der Waals surface area contributed by atoms with Crippen LogP contribution in [0, 0.1) is 6.92 Å². The fourth-order valence-corrected chi connectivity index (χ4v) is 5.19. The minimum absolute atomic E-state index is 0. The fourth-order valence-electron chi connectivity index (χ4n) is 4.70. The van der Waals surface area contributed by atoms with Crippen molar-refractivity contribution in [2.45, 2.75) is 64.2 Å². The topological polar surface area (TPSA) is 111 Å². The van der Waals surface area contributed by atoms with Gasteiger partial charge in [-0.2, -0.15) is 4.98 Å². The lowest BCUT2D eigenvalue weighted by Crippen LogP contribution is -2.27. The van der Waals surface area contributed by atoms with Crippen molar-refractivity contribution in [2.24, 2.45) is 0 Å². The zero-order valence-electron chi connectivity index (χ0n) is 23.2. The number of anilines is 4. The summed E-state index contributed by atoms with van der Waals surface area (Å²) >= 11 is 4.11. The van der Waals surface area contributed by atoms with Gasteiger partial charge >= 0.3 is 0 Å². The van der Waals surface area contributed by atoms with Gasteiger partial charge in [-0.05, 0) is 112 Å². The Bertz CT molecular complexity index is 1320. The Kier molecular flexibility index (Phi) is 12.5. The highest BCUT2D eigenvalue weighted by Crippen LogP contribution is 2.38. The van der Waals surface area contributed by atoms with E-state index in [9.17, 15) is 8.76 Å². The SMILES string of the molecule is Cc1cc(Nc2ncc(Cl)c(Nc3ccccc3C(C)(C)S(=O)[O-])n2)c(OC(C)C)cc1C1CCNCC1.Cl.Cl. The molecule has 1 aliphatic rings. The first-order valence-electron chi connectivity index (χ1n) is 12.8. The molecule has 1 fully saturated rings. The van der Waals surface area contributed by atoms with Gasteiger partial charge in [0.15, 0.2) is 5.82 Å². The van der Waals surface area contributed by atoms with Crippen molar-refractivity contribution in [2.75, 3.05) is 23.7 Å². The average Bonchev–Trinajstić information content (AvgIpc) is 2.88. The first-order chi connectivity index (χ1) is 18.1. The van der Waals surface area contributed by atoms with Crippen LogP contribution in [0.2, 0.25) is 5.02 Å².